The Labute approximate surface area is 157 Å². The predicted octanol–water partition coefficient (Wildman–Crippen LogP) is 2.91. The van der Waals surface area contributed by atoms with Gasteiger partial charge in [-0.25, -0.2) is 4.98 Å². The van der Waals surface area contributed by atoms with Crippen LogP contribution in [0.2, 0.25) is 0 Å². The highest BCUT2D eigenvalue weighted by molar-refractivity contribution is 7.99. The molecule has 7 heteroatoms. The number of hydrogen-bond donors (Lipinski definition) is 1. The van der Waals surface area contributed by atoms with E-state index in [4.69, 9.17) is 0 Å². The number of rotatable bonds is 5. The van der Waals surface area contributed by atoms with Crippen molar-refractivity contribution in [2.75, 3.05) is 11.9 Å². The highest BCUT2D eigenvalue weighted by Crippen LogP contribution is 2.34. The number of aromatic nitrogens is 2. The van der Waals surface area contributed by atoms with Crippen molar-refractivity contribution in [2.24, 2.45) is 13.0 Å². The van der Waals surface area contributed by atoms with Crippen LogP contribution in [0.15, 0.2) is 46.7 Å². The average Bonchev–Trinajstić information content (AvgIpc) is 3.24. The molecule has 2 amide bonds. The fourth-order valence-corrected chi connectivity index (χ4v) is 4.06. The lowest BCUT2D eigenvalue weighted by Gasteiger charge is -2.24. The largest absolute Gasteiger partial charge is 0.330 e. The zero-order valence-corrected chi connectivity index (χ0v) is 15.5. The van der Waals surface area contributed by atoms with Gasteiger partial charge in [0, 0.05) is 42.5 Å². The molecule has 1 saturated carbocycles. The van der Waals surface area contributed by atoms with Crippen LogP contribution in [-0.2, 0) is 16.6 Å². The first-order valence-electron chi connectivity index (χ1n) is 8.98. The van der Waals surface area contributed by atoms with Gasteiger partial charge in [-0.15, -0.1) is 0 Å². The van der Waals surface area contributed by atoms with Crippen LogP contribution >= 0.6 is 11.8 Å². The molecule has 4 rings (SSSR count). The van der Waals surface area contributed by atoms with Crippen molar-refractivity contribution in [3.63, 3.8) is 0 Å². The van der Waals surface area contributed by atoms with Gasteiger partial charge < -0.3 is 14.8 Å². The maximum atomic E-state index is 12.6. The number of carbonyl (C=O) groups excluding carboxylic acids is 2. The van der Waals surface area contributed by atoms with Crippen LogP contribution in [0.25, 0.3) is 0 Å². The molecule has 2 heterocycles. The van der Waals surface area contributed by atoms with Crippen LogP contribution in [0, 0.1) is 5.92 Å². The third kappa shape index (κ3) is 3.62. The Hall–Kier alpha value is -2.28. The smallest absolute Gasteiger partial charge is 0.247 e. The van der Waals surface area contributed by atoms with Crippen LogP contribution in [0.5, 0.6) is 0 Å². The molecule has 1 unspecified atom stereocenters. The normalized spacial score (nSPS) is 19.6. The van der Waals surface area contributed by atoms with E-state index in [0.717, 1.165) is 41.4 Å². The van der Waals surface area contributed by atoms with Crippen molar-refractivity contribution in [2.45, 2.75) is 41.8 Å². The molecule has 0 radical (unpaired) electrons. The van der Waals surface area contributed by atoms with Gasteiger partial charge in [0.1, 0.15) is 6.04 Å². The number of carbonyl (C=O) groups is 2. The first-order chi connectivity index (χ1) is 12.6. The van der Waals surface area contributed by atoms with Gasteiger partial charge in [-0.05, 0) is 49.9 Å². The molecule has 2 aromatic rings. The maximum Gasteiger partial charge on any atom is 0.247 e. The van der Waals surface area contributed by atoms with E-state index in [0.29, 0.717) is 6.54 Å². The average molecular weight is 370 g/mol. The first kappa shape index (κ1) is 17.1. The molecule has 2 aliphatic rings. The summed E-state index contributed by atoms with van der Waals surface area (Å²) in [5, 5.41) is 3.88. The molecular formula is C19H22N4O2S. The van der Waals surface area contributed by atoms with Gasteiger partial charge in [0.25, 0.3) is 0 Å². The highest BCUT2D eigenvalue weighted by atomic mass is 32.2. The Morgan fingerprint density at radius 2 is 1.96 bits per heavy atom. The van der Waals surface area contributed by atoms with Gasteiger partial charge in [0.15, 0.2) is 5.16 Å². The van der Waals surface area contributed by atoms with Gasteiger partial charge in [0.2, 0.25) is 11.8 Å². The molecule has 0 bridgehead atoms. The van der Waals surface area contributed by atoms with E-state index in [-0.39, 0.29) is 23.8 Å². The SMILES string of the molecule is Cn1ccnc1Sc1ccc(NC(=O)C2CCCN2C(=O)C2CC2)cc1. The van der Waals surface area contributed by atoms with E-state index < -0.39 is 0 Å². The van der Waals surface area contributed by atoms with Crippen LogP contribution in [0.4, 0.5) is 5.69 Å². The Morgan fingerprint density at radius 1 is 1.19 bits per heavy atom. The van der Waals surface area contributed by atoms with E-state index in [1.165, 1.54) is 0 Å². The van der Waals surface area contributed by atoms with Crippen molar-refractivity contribution < 1.29 is 9.59 Å². The second-order valence-electron chi connectivity index (χ2n) is 6.90. The van der Waals surface area contributed by atoms with Crippen molar-refractivity contribution in [1.29, 1.82) is 0 Å². The van der Waals surface area contributed by atoms with Crippen molar-refractivity contribution in [3.8, 4) is 0 Å². The summed E-state index contributed by atoms with van der Waals surface area (Å²) in [6.07, 6.45) is 7.27. The maximum absolute atomic E-state index is 12.6. The molecule has 1 aromatic carbocycles. The number of amides is 2. The lowest BCUT2D eigenvalue weighted by atomic mass is 10.2. The monoisotopic (exact) mass is 370 g/mol. The summed E-state index contributed by atoms with van der Waals surface area (Å²) in [7, 11) is 1.96. The number of hydrogen-bond acceptors (Lipinski definition) is 4. The summed E-state index contributed by atoms with van der Waals surface area (Å²) in [5.41, 5.74) is 0.755. The third-order valence-corrected chi connectivity index (χ3v) is 5.96. The molecular weight excluding hydrogens is 348 g/mol. The van der Waals surface area contributed by atoms with Crippen molar-refractivity contribution in [3.05, 3.63) is 36.7 Å². The summed E-state index contributed by atoms with van der Waals surface area (Å²) in [6, 6.07) is 7.40. The first-order valence-corrected chi connectivity index (χ1v) is 9.80. The Bertz CT molecular complexity index is 813. The van der Waals surface area contributed by atoms with Gasteiger partial charge in [-0.2, -0.15) is 0 Å². The fraction of sp³-hybridized carbons (Fsp3) is 0.421. The van der Waals surface area contributed by atoms with Crippen LogP contribution < -0.4 is 5.32 Å². The molecule has 1 aliphatic carbocycles. The number of imidazole rings is 1. The molecule has 0 spiro atoms. The summed E-state index contributed by atoms with van der Waals surface area (Å²) in [6.45, 7) is 0.701. The topological polar surface area (TPSA) is 67.2 Å². The molecule has 6 nitrogen and oxygen atoms in total. The second-order valence-corrected chi connectivity index (χ2v) is 7.94. The van der Waals surface area contributed by atoms with E-state index in [1.54, 1.807) is 22.9 Å². The second kappa shape index (κ2) is 7.15. The Balaban J connectivity index is 1.38. The minimum atomic E-state index is -0.329. The zero-order chi connectivity index (χ0) is 18.1. The quantitative estimate of drug-likeness (QED) is 0.879. The number of aryl methyl sites for hydroxylation is 1. The zero-order valence-electron chi connectivity index (χ0n) is 14.7. The highest BCUT2D eigenvalue weighted by Gasteiger charge is 2.40. The number of anilines is 1. The molecule has 1 aliphatic heterocycles. The van der Waals surface area contributed by atoms with E-state index in [2.05, 4.69) is 10.3 Å². The summed E-state index contributed by atoms with van der Waals surface area (Å²) in [4.78, 5) is 32.1. The Morgan fingerprint density at radius 3 is 2.62 bits per heavy atom. The van der Waals surface area contributed by atoms with E-state index in [1.807, 2.05) is 42.1 Å². The number of nitrogens with zero attached hydrogens (tertiary/aromatic N) is 3. The number of likely N-dealkylation sites (tertiary alicyclic amines) is 1. The molecule has 1 N–H and O–H groups in total. The summed E-state index contributed by atoms with van der Waals surface area (Å²) < 4.78 is 1.96. The lowest BCUT2D eigenvalue weighted by Crippen LogP contribution is -2.43. The summed E-state index contributed by atoms with van der Waals surface area (Å²) in [5.74, 6) is 0.233. The molecule has 1 atom stereocenters. The molecule has 136 valence electrons. The van der Waals surface area contributed by atoms with Crippen LogP contribution in [-0.4, -0.2) is 38.9 Å². The third-order valence-electron chi connectivity index (χ3n) is 4.87. The van der Waals surface area contributed by atoms with Gasteiger partial charge in [0.05, 0.1) is 0 Å². The molecule has 1 aromatic heterocycles. The van der Waals surface area contributed by atoms with Crippen molar-refractivity contribution >= 4 is 29.3 Å². The minimum absolute atomic E-state index is 0.0824. The van der Waals surface area contributed by atoms with E-state index in [9.17, 15) is 9.59 Å². The van der Waals surface area contributed by atoms with Crippen LogP contribution in [0.1, 0.15) is 25.7 Å². The van der Waals surface area contributed by atoms with Gasteiger partial charge in [-0.3, -0.25) is 9.59 Å². The molecule has 26 heavy (non-hydrogen) atoms. The molecule has 1 saturated heterocycles. The fourth-order valence-electron chi connectivity index (χ4n) is 3.26. The molecule has 2 fully saturated rings. The summed E-state index contributed by atoms with van der Waals surface area (Å²) >= 11 is 1.57. The van der Waals surface area contributed by atoms with Crippen molar-refractivity contribution in [1.82, 2.24) is 14.5 Å². The van der Waals surface area contributed by atoms with Gasteiger partial charge >= 0.3 is 0 Å². The number of benzene rings is 1. The lowest BCUT2D eigenvalue weighted by molar-refractivity contribution is -0.137. The Kier molecular flexibility index (Phi) is 4.72. The van der Waals surface area contributed by atoms with E-state index >= 15 is 0 Å². The number of nitrogens with one attached hydrogen (secondary N) is 1. The predicted molar refractivity (Wildman–Crippen MR) is 99.9 cm³/mol. The standard InChI is InChI=1S/C19H22N4O2S/c1-22-12-10-20-19(22)26-15-8-6-14(7-9-15)21-17(24)16-3-2-11-23(16)18(25)13-4-5-13/h6-10,12-13,16H,2-5,11H2,1H3,(H,21,24). The van der Waals surface area contributed by atoms with Crippen LogP contribution in [0.3, 0.4) is 0 Å². The minimum Gasteiger partial charge on any atom is -0.330 e. The van der Waals surface area contributed by atoms with Gasteiger partial charge in [-0.1, -0.05) is 11.8 Å².